The number of nitrogens with zero attached hydrogens (tertiary/aromatic N) is 6. The van der Waals surface area contributed by atoms with Crippen molar-refractivity contribution < 1.29 is 8.42 Å². The fourth-order valence-corrected chi connectivity index (χ4v) is 2.99. The summed E-state index contributed by atoms with van der Waals surface area (Å²) in [5.74, 6) is 0.943. The highest BCUT2D eigenvalue weighted by Gasteiger charge is 2.02. The molecule has 33 heavy (non-hydrogen) atoms. The molecule has 2 aromatic heterocycles. The Kier molecular flexibility index (Phi) is 19.1. The molecule has 2 aromatic rings. The minimum absolute atomic E-state index is 0. The molecule has 2 heterocycles. The summed E-state index contributed by atoms with van der Waals surface area (Å²) >= 11 is 5.54. The van der Waals surface area contributed by atoms with E-state index in [1.807, 2.05) is 38.1 Å². The van der Waals surface area contributed by atoms with Gasteiger partial charge in [-0.2, -0.15) is 10.5 Å². The maximum Gasteiger partial charge on any atom is 0.214 e. The van der Waals surface area contributed by atoms with Crippen molar-refractivity contribution >= 4 is 31.1 Å². The van der Waals surface area contributed by atoms with Crippen LogP contribution in [0, 0.1) is 36.8 Å². The van der Waals surface area contributed by atoms with E-state index in [1.165, 1.54) is 25.0 Å². The smallest absolute Gasteiger partial charge is 0.214 e. The van der Waals surface area contributed by atoms with Gasteiger partial charge in [-0.25, -0.2) is 8.42 Å². The zero-order valence-electron chi connectivity index (χ0n) is 18.3. The SMILES string of the molecule is C.C.CS(C)(=O)=NC#N.Cc1ccc(CCS(C)(=O)=NC#N)cn1.Cc1ccc(CCl)cn1. The number of pyridine rings is 2. The maximum absolute atomic E-state index is 11.6. The molecule has 0 aliphatic heterocycles. The molecule has 1 unspecified atom stereocenters. The van der Waals surface area contributed by atoms with Crippen LogP contribution < -0.4 is 0 Å². The standard InChI is InChI=1S/C10H13N3OS.C7H8ClN.C3H6N2OS.2CH4/c1-9-3-4-10(7-12-9)5-6-15(2,14)13-8-11;1-6-2-3-7(4-8)5-9-6;1-7(2,6)5-3-4;;/h3-4,7H,5-6H2,1-2H3;2-3,5H,4H2,1H3;1-2H3;2*1H4. The van der Waals surface area contributed by atoms with Crippen LogP contribution in [0.4, 0.5) is 0 Å². The van der Waals surface area contributed by atoms with Crippen molar-refractivity contribution in [3.05, 3.63) is 59.2 Å². The number of nitriles is 2. The molecule has 0 bridgehead atoms. The molecule has 1 atom stereocenters. The van der Waals surface area contributed by atoms with Gasteiger partial charge < -0.3 is 0 Å². The van der Waals surface area contributed by atoms with Gasteiger partial charge in [0.2, 0.25) is 12.4 Å². The summed E-state index contributed by atoms with van der Waals surface area (Å²) in [6.45, 7) is 3.87. The van der Waals surface area contributed by atoms with Crippen LogP contribution >= 0.6 is 11.6 Å². The molecule has 0 amide bonds. The first-order chi connectivity index (χ1) is 14.4. The summed E-state index contributed by atoms with van der Waals surface area (Å²) in [6, 6.07) is 7.80. The summed E-state index contributed by atoms with van der Waals surface area (Å²) < 4.78 is 28.5. The molecule has 8 nitrogen and oxygen atoms in total. The van der Waals surface area contributed by atoms with Crippen molar-refractivity contribution in [1.29, 1.82) is 10.5 Å². The first-order valence-electron chi connectivity index (χ1n) is 8.94. The Hall–Kier alpha value is -2.53. The van der Waals surface area contributed by atoms with Gasteiger partial charge in [-0.05, 0) is 43.5 Å². The third-order valence-corrected chi connectivity index (χ3v) is 5.62. The van der Waals surface area contributed by atoms with E-state index in [1.54, 1.807) is 18.6 Å². The van der Waals surface area contributed by atoms with E-state index >= 15 is 0 Å². The van der Waals surface area contributed by atoms with Crippen LogP contribution in [-0.4, -0.2) is 42.9 Å². The number of halogens is 1. The number of hydrogen-bond donors (Lipinski definition) is 0. The molecule has 0 fully saturated rings. The number of alkyl halides is 1. The van der Waals surface area contributed by atoms with Crippen LogP contribution in [0.1, 0.15) is 37.4 Å². The number of rotatable bonds is 4. The minimum atomic E-state index is -2.35. The van der Waals surface area contributed by atoms with Crippen molar-refractivity contribution in [3.8, 4) is 12.4 Å². The molecule has 0 saturated carbocycles. The second-order valence-corrected chi connectivity index (χ2v) is 12.0. The predicted octanol–water partition coefficient (Wildman–Crippen LogP) is 5.11. The molecular weight excluding hydrogens is 480 g/mol. The summed E-state index contributed by atoms with van der Waals surface area (Å²) in [6.07, 6.45) is 11.6. The fourth-order valence-electron chi connectivity index (χ4n) is 1.76. The van der Waals surface area contributed by atoms with Crippen LogP contribution in [-0.2, 0) is 31.8 Å². The highest BCUT2D eigenvalue weighted by atomic mass is 35.5. The van der Waals surface area contributed by atoms with Crippen LogP contribution in [0.3, 0.4) is 0 Å². The van der Waals surface area contributed by atoms with Gasteiger partial charge >= 0.3 is 0 Å². The topological polar surface area (TPSA) is 132 Å². The Balaban J connectivity index is -0.000000432. The van der Waals surface area contributed by atoms with Crippen LogP contribution in [0.2, 0.25) is 0 Å². The van der Waals surface area contributed by atoms with Crippen molar-refractivity contribution in [2.24, 2.45) is 8.73 Å². The average Bonchev–Trinajstić information content (AvgIpc) is 2.68. The zero-order valence-corrected chi connectivity index (χ0v) is 20.7. The van der Waals surface area contributed by atoms with E-state index in [4.69, 9.17) is 22.1 Å². The lowest BCUT2D eigenvalue weighted by Gasteiger charge is -2.02. The quantitative estimate of drug-likeness (QED) is 0.411. The molecule has 0 saturated heterocycles. The molecule has 0 radical (unpaired) electrons. The third-order valence-electron chi connectivity index (χ3n) is 3.36. The van der Waals surface area contributed by atoms with E-state index < -0.39 is 19.5 Å². The van der Waals surface area contributed by atoms with E-state index in [-0.39, 0.29) is 14.9 Å². The van der Waals surface area contributed by atoms with E-state index in [9.17, 15) is 8.42 Å². The fraction of sp³-hybridized carbons (Fsp3) is 0.455. The maximum atomic E-state index is 11.6. The van der Waals surface area contributed by atoms with Gasteiger partial charge in [-0.1, -0.05) is 27.0 Å². The Bertz CT molecular complexity index is 1130. The molecule has 0 aliphatic rings. The average molecular weight is 515 g/mol. The summed E-state index contributed by atoms with van der Waals surface area (Å²) in [5.41, 5.74) is 4.08. The van der Waals surface area contributed by atoms with Crippen LogP contribution in [0.25, 0.3) is 0 Å². The Labute approximate surface area is 205 Å². The van der Waals surface area contributed by atoms with Gasteiger partial charge in [0.1, 0.15) is 0 Å². The van der Waals surface area contributed by atoms with Crippen molar-refractivity contribution in [1.82, 2.24) is 9.97 Å². The number of aromatic nitrogens is 2. The molecule has 0 aromatic carbocycles. The highest BCUT2D eigenvalue weighted by molar-refractivity contribution is 7.93. The number of hydrogen-bond acceptors (Lipinski definition) is 8. The third kappa shape index (κ3) is 19.9. The molecule has 0 N–H and O–H groups in total. The van der Waals surface area contributed by atoms with Crippen LogP contribution in [0.15, 0.2) is 45.4 Å². The molecule has 2 rings (SSSR count). The highest BCUT2D eigenvalue weighted by Crippen LogP contribution is 2.03. The van der Waals surface area contributed by atoms with Crippen molar-refractivity contribution in [2.45, 2.75) is 41.0 Å². The van der Waals surface area contributed by atoms with Gasteiger partial charge in [-0.15, -0.1) is 20.3 Å². The van der Waals surface area contributed by atoms with Crippen molar-refractivity contribution in [2.75, 3.05) is 24.5 Å². The summed E-state index contributed by atoms with van der Waals surface area (Å²) in [5, 5.41) is 16.1. The van der Waals surface area contributed by atoms with Gasteiger partial charge in [0, 0.05) is 54.2 Å². The van der Waals surface area contributed by atoms with E-state index in [0.717, 1.165) is 22.5 Å². The largest absolute Gasteiger partial charge is 0.261 e. The zero-order chi connectivity index (χ0) is 23.9. The Morgan fingerprint density at radius 1 is 0.879 bits per heavy atom. The second-order valence-electron chi connectivity index (χ2n) is 6.73. The van der Waals surface area contributed by atoms with Gasteiger partial charge in [-0.3, -0.25) is 9.97 Å². The first-order valence-corrected chi connectivity index (χ1v) is 13.9. The molecule has 11 heteroatoms. The van der Waals surface area contributed by atoms with Gasteiger partial charge in [0.15, 0.2) is 0 Å². The van der Waals surface area contributed by atoms with Gasteiger partial charge in [0.05, 0.1) is 19.5 Å². The van der Waals surface area contributed by atoms with Gasteiger partial charge in [0.25, 0.3) is 0 Å². The first kappa shape index (κ1) is 35.1. The summed E-state index contributed by atoms with van der Waals surface area (Å²) in [4.78, 5) is 8.20. The number of aryl methyl sites for hydroxylation is 3. The van der Waals surface area contributed by atoms with Crippen LogP contribution in [0.5, 0.6) is 0 Å². The monoisotopic (exact) mass is 514 g/mol. The predicted molar refractivity (Wildman–Crippen MR) is 140 cm³/mol. The molecule has 0 aliphatic carbocycles. The normalized spacial score (nSPS) is 11.0. The Morgan fingerprint density at radius 3 is 1.64 bits per heavy atom. The lowest BCUT2D eigenvalue weighted by molar-refractivity contribution is 0.679. The minimum Gasteiger partial charge on any atom is -0.261 e. The molecule has 0 spiro atoms. The van der Waals surface area contributed by atoms with E-state index in [0.29, 0.717) is 18.1 Å². The second kappa shape index (κ2) is 18.0. The molecule has 184 valence electrons. The van der Waals surface area contributed by atoms with E-state index in [2.05, 4.69) is 18.7 Å². The summed E-state index contributed by atoms with van der Waals surface area (Å²) in [7, 11) is -4.51. The lowest BCUT2D eigenvalue weighted by Crippen LogP contribution is -2.06. The Morgan fingerprint density at radius 2 is 1.33 bits per heavy atom. The van der Waals surface area contributed by atoms with Crippen molar-refractivity contribution in [3.63, 3.8) is 0 Å². The lowest BCUT2D eigenvalue weighted by atomic mass is 10.2. The molecular formula is C22H35ClN6O2S2.